The maximum atomic E-state index is 12.2. The van der Waals surface area contributed by atoms with Crippen molar-refractivity contribution in [3.8, 4) is 0 Å². The third-order valence-corrected chi connectivity index (χ3v) is 3.55. The highest BCUT2D eigenvalue weighted by atomic mass is 16.2. The Labute approximate surface area is 114 Å². The molecule has 2 heterocycles. The van der Waals surface area contributed by atoms with Crippen molar-refractivity contribution >= 4 is 5.91 Å². The van der Waals surface area contributed by atoms with Crippen LogP contribution in [0.2, 0.25) is 0 Å². The van der Waals surface area contributed by atoms with E-state index in [1.54, 1.807) is 4.90 Å². The molecule has 6 heteroatoms. The van der Waals surface area contributed by atoms with E-state index in [4.69, 9.17) is 0 Å². The van der Waals surface area contributed by atoms with E-state index < -0.39 is 0 Å². The molecule has 1 N–H and O–H groups in total. The van der Waals surface area contributed by atoms with Crippen LogP contribution in [-0.2, 0) is 17.9 Å². The number of carbonyl (C=O) groups excluding carboxylic acids is 1. The number of carbonyl (C=O) groups is 1. The standard InChI is InChI=1S/C13H23N5O/c1-4-18-11(5-6-15-18)10-17-8-7-14-9-12(17)13(19)16(2)3/h5-6,12,14H,4,7-10H2,1-3H3. The first kappa shape index (κ1) is 14.0. The van der Waals surface area contributed by atoms with Crippen LogP contribution in [0.4, 0.5) is 0 Å². The molecule has 1 aliphatic heterocycles. The van der Waals surface area contributed by atoms with E-state index in [9.17, 15) is 4.79 Å². The number of rotatable bonds is 4. The number of nitrogens with zero attached hydrogens (tertiary/aromatic N) is 4. The summed E-state index contributed by atoms with van der Waals surface area (Å²) >= 11 is 0. The van der Waals surface area contributed by atoms with E-state index in [1.807, 2.05) is 31.0 Å². The second-order valence-electron chi connectivity index (χ2n) is 5.06. The molecule has 0 saturated carbocycles. The van der Waals surface area contributed by atoms with Crippen LogP contribution >= 0.6 is 0 Å². The first-order chi connectivity index (χ1) is 9.13. The van der Waals surface area contributed by atoms with E-state index in [1.165, 1.54) is 5.69 Å². The molecule has 1 atom stereocenters. The molecule has 0 spiro atoms. The van der Waals surface area contributed by atoms with E-state index in [2.05, 4.69) is 22.2 Å². The lowest BCUT2D eigenvalue weighted by molar-refractivity contribution is -0.135. The summed E-state index contributed by atoms with van der Waals surface area (Å²) in [5, 5.41) is 7.58. The van der Waals surface area contributed by atoms with Gasteiger partial charge >= 0.3 is 0 Å². The maximum absolute atomic E-state index is 12.2. The third kappa shape index (κ3) is 3.13. The van der Waals surface area contributed by atoms with E-state index in [0.29, 0.717) is 0 Å². The van der Waals surface area contributed by atoms with Gasteiger partial charge in [0.25, 0.3) is 0 Å². The molecular weight excluding hydrogens is 242 g/mol. The molecular formula is C13H23N5O. The minimum absolute atomic E-state index is 0.0797. The van der Waals surface area contributed by atoms with E-state index >= 15 is 0 Å². The number of hydrogen-bond donors (Lipinski definition) is 1. The number of aryl methyl sites for hydroxylation is 1. The van der Waals surface area contributed by atoms with Gasteiger partial charge in [0.2, 0.25) is 5.91 Å². The first-order valence-electron chi connectivity index (χ1n) is 6.80. The van der Waals surface area contributed by atoms with Crippen molar-refractivity contribution < 1.29 is 4.79 Å². The average molecular weight is 265 g/mol. The fourth-order valence-corrected chi connectivity index (χ4v) is 2.46. The highest BCUT2D eigenvalue weighted by molar-refractivity contribution is 5.81. The van der Waals surface area contributed by atoms with Crippen LogP contribution in [0.1, 0.15) is 12.6 Å². The van der Waals surface area contributed by atoms with Gasteiger partial charge in [-0.25, -0.2) is 0 Å². The van der Waals surface area contributed by atoms with Gasteiger partial charge in [0.05, 0.1) is 5.69 Å². The number of amides is 1. The molecule has 1 aliphatic rings. The SMILES string of the molecule is CCn1nccc1CN1CCNCC1C(=O)N(C)C. The summed E-state index contributed by atoms with van der Waals surface area (Å²) in [5.41, 5.74) is 1.17. The largest absolute Gasteiger partial charge is 0.347 e. The number of piperazine rings is 1. The van der Waals surface area contributed by atoms with Gasteiger partial charge < -0.3 is 10.2 Å². The molecule has 1 amide bonds. The zero-order valence-corrected chi connectivity index (χ0v) is 12.0. The summed E-state index contributed by atoms with van der Waals surface area (Å²) in [5.74, 6) is 0.162. The summed E-state index contributed by atoms with van der Waals surface area (Å²) in [4.78, 5) is 16.1. The van der Waals surface area contributed by atoms with Gasteiger partial charge in [-0.1, -0.05) is 0 Å². The Morgan fingerprint density at radius 1 is 1.58 bits per heavy atom. The van der Waals surface area contributed by atoms with Crippen molar-refractivity contribution in [2.75, 3.05) is 33.7 Å². The van der Waals surface area contributed by atoms with Crippen LogP contribution in [0.15, 0.2) is 12.3 Å². The molecule has 19 heavy (non-hydrogen) atoms. The van der Waals surface area contributed by atoms with Crippen molar-refractivity contribution in [2.24, 2.45) is 0 Å². The Balaban J connectivity index is 2.10. The lowest BCUT2D eigenvalue weighted by Crippen LogP contribution is -2.57. The Morgan fingerprint density at radius 3 is 3.05 bits per heavy atom. The molecule has 1 aromatic heterocycles. The van der Waals surface area contributed by atoms with Gasteiger partial charge in [-0.2, -0.15) is 5.10 Å². The fourth-order valence-electron chi connectivity index (χ4n) is 2.46. The number of aromatic nitrogens is 2. The molecule has 1 aromatic rings. The third-order valence-electron chi connectivity index (χ3n) is 3.55. The second-order valence-corrected chi connectivity index (χ2v) is 5.06. The lowest BCUT2D eigenvalue weighted by atomic mass is 10.1. The predicted octanol–water partition coefficient (Wildman–Crippen LogP) is -0.235. The van der Waals surface area contributed by atoms with Crippen LogP contribution < -0.4 is 5.32 Å². The zero-order chi connectivity index (χ0) is 13.8. The molecule has 2 rings (SSSR count). The lowest BCUT2D eigenvalue weighted by Gasteiger charge is -2.36. The summed E-state index contributed by atoms with van der Waals surface area (Å²) in [6.07, 6.45) is 1.82. The van der Waals surface area contributed by atoms with Gasteiger partial charge in [-0.05, 0) is 13.0 Å². The molecule has 0 aliphatic carbocycles. The van der Waals surface area contributed by atoms with Crippen LogP contribution in [0.5, 0.6) is 0 Å². The molecule has 106 valence electrons. The fraction of sp³-hybridized carbons (Fsp3) is 0.692. The van der Waals surface area contributed by atoms with Crippen LogP contribution in [-0.4, -0.2) is 65.3 Å². The normalized spacial score (nSPS) is 20.5. The quantitative estimate of drug-likeness (QED) is 0.817. The minimum atomic E-state index is -0.0797. The average Bonchev–Trinajstić information content (AvgIpc) is 2.85. The van der Waals surface area contributed by atoms with Crippen LogP contribution in [0.25, 0.3) is 0 Å². The Kier molecular flexibility index (Phi) is 4.55. The summed E-state index contributed by atoms with van der Waals surface area (Å²) < 4.78 is 1.99. The number of likely N-dealkylation sites (N-methyl/N-ethyl adjacent to an activating group) is 1. The van der Waals surface area contributed by atoms with Crippen LogP contribution in [0, 0.1) is 0 Å². The smallest absolute Gasteiger partial charge is 0.240 e. The molecule has 0 radical (unpaired) electrons. The van der Waals surface area contributed by atoms with Crippen LogP contribution in [0.3, 0.4) is 0 Å². The summed E-state index contributed by atoms with van der Waals surface area (Å²) in [6.45, 7) is 6.26. The molecule has 1 unspecified atom stereocenters. The topological polar surface area (TPSA) is 53.4 Å². The highest BCUT2D eigenvalue weighted by Gasteiger charge is 2.30. The molecule has 1 saturated heterocycles. The van der Waals surface area contributed by atoms with Crippen molar-refractivity contribution in [1.29, 1.82) is 0 Å². The molecule has 1 fully saturated rings. The minimum Gasteiger partial charge on any atom is -0.347 e. The predicted molar refractivity (Wildman–Crippen MR) is 73.7 cm³/mol. The van der Waals surface area contributed by atoms with Gasteiger partial charge in [0.1, 0.15) is 6.04 Å². The van der Waals surface area contributed by atoms with Crippen molar-refractivity contribution in [3.63, 3.8) is 0 Å². The highest BCUT2D eigenvalue weighted by Crippen LogP contribution is 2.11. The molecule has 6 nitrogen and oxygen atoms in total. The monoisotopic (exact) mass is 265 g/mol. The Morgan fingerprint density at radius 2 is 2.37 bits per heavy atom. The van der Waals surface area contributed by atoms with Crippen molar-refractivity contribution in [1.82, 2.24) is 24.9 Å². The Bertz CT molecular complexity index is 428. The summed E-state index contributed by atoms with van der Waals surface area (Å²) in [7, 11) is 3.62. The van der Waals surface area contributed by atoms with Crippen molar-refractivity contribution in [2.45, 2.75) is 26.1 Å². The number of hydrogen-bond acceptors (Lipinski definition) is 4. The molecule has 0 aromatic carbocycles. The van der Waals surface area contributed by atoms with Gasteiger partial charge in [0, 0.05) is 53.0 Å². The van der Waals surface area contributed by atoms with E-state index in [0.717, 1.165) is 32.7 Å². The number of nitrogens with one attached hydrogen (secondary N) is 1. The second kappa shape index (κ2) is 6.16. The first-order valence-corrected chi connectivity index (χ1v) is 6.80. The van der Waals surface area contributed by atoms with Crippen molar-refractivity contribution in [3.05, 3.63) is 18.0 Å². The summed E-state index contributed by atoms with van der Waals surface area (Å²) in [6, 6.07) is 1.95. The Hall–Kier alpha value is -1.40. The van der Waals surface area contributed by atoms with E-state index in [-0.39, 0.29) is 11.9 Å². The maximum Gasteiger partial charge on any atom is 0.240 e. The van der Waals surface area contributed by atoms with Gasteiger partial charge in [-0.15, -0.1) is 0 Å². The van der Waals surface area contributed by atoms with Gasteiger partial charge in [-0.3, -0.25) is 14.4 Å². The zero-order valence-electron chi connectivity index (χ0n) is 12.0. The molecule has 0 bridgehead atoms. The van der Waals surface area contributed by atoms with Gasteiger partial charge in [0.15, 0.2) is 0 Å².